The van der Waals surface area contributed by atoms with Gasteiger partial charge in [0.15, 0.2) is 0 Å². The normalized spacial score (nSPS) is 22.6. The number of nitrogens with one attached hydrogen (secondary N) is 1. The molecule has 0 saturated heterocycles. The van der Waals surface area contributed by atoms with Gasteiger partial charge in [0.05, 0.1) is 0 Å². The predicted molar refractivity (Wildman–Crippen MR) is 82.1 cm³/mol. The number of hydrogen-bond donors (Lipinski definition) is 2. The molecule has 1 aromatic rings. The second-order valence-electron chi connectivity index (χ2n) is 6.04. The van der Waals surface area contributed by atoms with Crippen LogP contribution in [-0.2, 0) is 0 Å². The van der Waals surface area contributed by atoms with Crippen molar-refractivity contribution in [2.24, 2.45) is 11.8 Å². The molecule has 5 nitrogen and oxygen atoms in total. The number of hydrogen-bond acceptors (Lipinski definition) is 5. The summed E-state index contributed by atoms with van der Waals surface area (Å²) in [7, 11) is 3.99. The summed E-state index contributed by atoms with van der Waals surface area (Å²) in [6.45, 7) is 3.29. The van der Waals surface area contributed by atoms with Crippen molar-refractivity contribution in [1.82, 2.24) is 9.97 Å². The molecule has 0 amide bonds. The molecule has 1 aromatic heterocycles. The molecular weight excluding hydrogens is 252 g/mol. The van der Waals surface area contributed by atoms with E-state index in [9.17, 15) is 0 Å². The van der Waals surface area contributed by atoms with Crippen LogP contribution in [0.1, 0.15) is 31.2 Å². The van der Waals surface area contributed by atoms with Crippen LogP contribution in [0.4, 0.5) is 11.8 Å². The van der Waals surface area contributed by atoms with Crippen molar-refractivity contribution in [1.29, 1.82) is 0 Å². The van der Waals surface area contributed by atoms with Gasteiger partial charge < -0.3 is 15.3 Å². The highest BCUT2D eigenvalue weighted by atomic mass is 16.3. The number of anilines is 2. The van der Waals surface area contributed by atoms with E-state index in [1.807, 2.05) is 32.1 Å². The first-order chi connectivity index (χ1) is 9.60. The summed E-state index contributed by atoms with van der Waals surface area (Å²) in [5, 5.41) is 12.5. The van der Waals surface area contributed by atoms with E-state index in [4.69, 9.17) is 5.11 Å². The van der Waals surface area contributed by atoms with Gasteiger partial charge in [-0.05, 0) is 44.4 Å². The average Bonchev–Trinajstić information content (AvgIpc) is 2.46. The van der Waals surface area contributed by atoms with Gasteiger partial charge in [-0.1, -0.05) is 0 Å². The molecule has 2 N–H and O–H groups in total. The van der Waals surface area contributed by atoms with Gasteiger partial charge in [-0.25, -0.2) is 4.98 Å². The summed E-state index contributed by atoms with van der Waals surface area (Å²) >= 11 is 0. The van der Waals surface area contributed by atoms with Gasteiger partial charge in [0.1, 0.15) is 5.82 Å². The fourth-order valence-electron chi connectivity index (χ4n) is 2.82. The average molecular weight is 278 g/mol. The molecule has 1 aliphatic rings. The Hall–Kier alpha value is -1.36. The van der Waals surface area contributed by atoms with Crippen LogP contribution in [-0.4, -0.2) is 42.3 Å². The lowest BCUT2D eigenvalue weighted by molar-refractivity contribution is 0.170. The molecule has 0 unspecified atom stereocenters. The van der Waals surface area contributed by atoms with Crippen LogP contribution >= 0.6 is 0 Å². The molecule has 1 saturated carbocycles. The molecule has 112 valence electrons. The number of nitrogens with zero attached hydrogens (tertiary/aromatic N) is 3. The maximum atomic E-state index is 9.15. The SMILES string of the molecule is Cc1cnc(NCC2CCC(CO)CC2)nc1N(C)C. The lowest BCUT2D eigenvalue weighted by Crippen LogP contribution is -2.23. The lowest BCUT2D eigenvalue weighted by atomic mass is 9.82. The van der Waals surface area contributed by atoms with E-state index in [-0.39, 0.29) is 0 Å². The third-order valence-electron chi connectivity index (χ3n) is 4.14. The van der Waals surface area contributed by atoms with Crippen LogP contribution in [0, 0.1) is 18.8 Å². The van der Waals surface area contributed by atoms with Crippen molar-refractivity contribution < 1.29 is 5.11 Å². The molecule has 0 aromatic carbocycles. The standard InChI is InChI=1S/C15H26N4O/c1-11-8-16-15(18-14(11)19(2)3)17-9-12-4-6-13(10-20)7-5-12/h8,12-13,20H,4-7,9-10H2,1-3H3,(H,16,17,18). The molecule has 0 radical (unpaired) electrons. The zero-order chi connectivity index (χ0) is 14.5. The first kappa shape index (κ1) is 15.0. The Morgan fingerprint density at radius 3 is 2.50 bits per heavy atom. The van der Waals surface area contributed by atoms with Crippen molar-refractivity contribution in [2.45, 2.75) is 32.6 Å². The summed E-state index contributed by atoms with van der Waals surface area (Å²) in [6, 6.07) is 0. The molecule has 0 spiro atoms. The summed E-state index contributed by atoms with van der Waals surface area (Å²) in [5.41, 5.74) is 1.09. The number of aliphatic hydroxyl groups is 1. The van der Waals surface area contributed by atoms with Crippen molar-refractivity contribution >= 4 is 11.8 Å². The topological polar surface area (TPSA) is 61.3 Å². The van der Waals surface area contributed by atoms with E-state index in [0.29, 0.717) is 24.4 Å². The molecule has 2 rings (SSSR count). The van der Waals surface area contributed by atoms with Crippen molar-refractivity contribution in [3.05, 3.63) is 11.8 Å². The third-order valence-corrected chi connectivity index (χ3v) is 4.14. The van der Waals surface area contributed by atoms with Gasteiger partial charge in [-0.3, -0.25) is 0 Å². The zero-order valence-electron chi connectivity index (χ0n) is 12.8. The maximum absolute atomic E-state index is 9.15. The Morgan fingerprint density at radius 1 is 1.25 bits per heavy atom. The monoisotopic (exact) mass is 278 g/mol. The second kappa shape index (κ2) is 6.88. The fourth-order valence-corrected chi connectivity index (χ4v) is 2.82. The molecule has 20 heavy (non-hydrogen) atoms. The van der Waals surface area contributed by atoms with E-state index < -0.39 is 0 Å². The Bertz CT molecular complexity index is 428. The first-order valence-electron chi connectivity index (χ1n) is 7.45. The minimum Gasteiger partial charge on any atom is -0.396 e. The number of aromatic nitrogens is 2. The first-order valence-corrected chi connectivity index (χ1v) is 7.45. The van der Waals surface area contributed by atoms with Crippen LogP contribution in [0.25, 0.3) is 0 Å². The molecule has 1 aliphatic carbocycles. The fraction of sp³-hybridized carbons (Fsp3) is 0.733. The molecule has 0 atom stereocenters. The number of aliphatic hydroxyl groups excluding tert-OH is 1. The van der Waals surface area contributed by atoms with Gasteiger partial charge in [0, 0.05) is 39.0 Å². The van der Waals surface area contributed by atoms with Gasteiger partial charge in [-0.15, -0.1) is 0 Å². The highest BCUT2D eigenvalue weighted by molar-refractivity contribution is 5.47. The van der Waals surface area contributed by atoms with Gasteiger partial charge in [0.2, 0.25) is 5.95 Å². The maximum Gasteiger partial charge on any atom is 0.224 e. The molecule has 1 heterocycles. The van der Waals surface area contributed by atoms with Crippen molar-refractivity contribution in [2.75, 3.05) is 37.5 Å². The van der Waals surface area contributed by atoms with Crippen LogP contribution in [0.15, 0.2) is 6.20 Å². The van der Waals surface area contributed by atoms with Gasteiger partial charge in [0.25, 0.3) is 0 Å². The minimum absolute atomic E-state index is 0.341. The quantitative estimate of drug-likeness (QED) is 0.863. The predicted octanol–water partition coefficient (Wildman–Crippen LogP) is 2.06. The molecule has 5 heteroatoms. The summed E-state index contributed by atoms with van der Waals surface area (Å²) in [5.74, 6) is 2.86. The van der Waals surface area contributed by atoms with E-state index in [0.717, 1.165) is 30.8 Å². The summed E-state index contributed by atoms with van der Waals surface area (Å²) < 4.78 is 0. The summed E-state index contributed by atoms with van der Waals surface area (Å²) in [6.07, 6.45) is 6.52. The molecule has 0 aliphatic heterocycles. The lowest BCUT2D eigenvalue weighted by Gasteiger charge is -2.27. The highest BCUT2D eigenvalue weighted by Crippen LogP contribution is 2.28. The Kier molecular flexibility index (Phi) is 5.17. The second-order valence-corrected chi connectivity index (χ2v) is 6.04. The minimum atomic E-state index is 0.341. The van der Waals surface area contributed by atoms with E-state index in [1.165, 1.54) is 12.8 Å². The van der Waals surface area contributed by atoms with E-state index >= 15 is 0 Å². The third kappa shape index (κ3) is 3.82. The van der Waals surface area contributed by atoms with Crippen molar-refractivity contribution in [3.8, 4) is 0 Å². The largest absolute Gasteiger partial charge is 0.396 e. The molecule has 0 bridgehead atoms. The Balaban J connectivity index is 1.87. The Labute approximate surface area is 121 Å². The van der Waals surface area contributed by atoms with Crippen LogP contribution < -0.4 is 10.2 Å². The van der Waals surface area contributed by atoms with Crippen molar-refractivity contribution in [3.63, 3.8) is 0 Å². The number of rotatable bonds is 5. The van der Waals surface area contributed by atoms with Crippen LogP contribution in [0.5, 0.6) is 0 Å². The van der Waals surface area contributed by atoms with Crippen LogP contribution in [0.2, 0.25) is 0 Å². The smallest absolute Gasteiger partial charge is 0.224 e. The van der Waals surface area contributed by atoms with E-state index in [1.54, 1.807) is 0 Å². The molecule has 1 fully saturated rings. The zero-order valence-corrected chi connectivity index (χ0v) is 12.8. The highest BCUT2D eigenvalue weighted by Gasteiger charge is 2.20. The van der Waals surface area contributed by atoms with Gasteiger partial charge in [-0.2, -0.15) is 4.98 Å². The van der Waals surface area contributed by atoms with Gasteiger partial charge >= 0.3 is 0 Å². The Morgan fingerprint density at radius 2 is 1.90 bits per heavy atom. The number of aryl methyl sites for hydroxylation is 1. The summed E-state index contributed by atoms with van der Waals surface area (Å²) in [4.78, 5) is 10.9. The molecular formula is C15H26N4O. The van der Waals surface area contributed by atoms with Crippen LogP contribution in [0.3, 0.4) is 0 Å². The van der Waals surface area contributed by atoms with E-state index in [2.05, 4.69) is 15.3 Å².